The molecule has 1 aliphatic rings. The van der Waals surface area contributed by atoms with Gasteiger partial charge in [-0.25, -0.2) is 4.98 Å². The zero-order valence-corrected chi connectivity index (χ0v) is 12.8. The van der Waals surface area contributed by atoms with Gasteiger partial charge in [0.1, 0.15) is 5.82 Å². The third kappa shape index (κ3) is 3.18. The summed E-state index contributed by atoms with van der Waals surface area (Å²) < 4.78 is 2.22. The normalized spacial score (nSPS) is 17.0. The van der Waals surface area contributed by atoms with Crippen LogP contribution in [0.5, 0.6) is 0 Å². The number of imidazole rings is 1. The first kappa shape index (κ1) is 14.3. The van der Waals surface area contributed by atoms with Crippen molar-refractivity contribution in [3.63, 3.8) is 0 Å². The fourth-order valence-corrected chi connectivity index (χ4v) is 3.31. The molecule has 0 saturated heterocycles. The molecule has 3 nitrogen and oxygen atoms in total. The summed E-state index contributed by atoms with van der Waals surface area (Å²) in [6, 6.07) is 8.21. The van der Waals surface area contributed by atoms with Gasteiger partial charge in [-0.15, -0.1) is 0 Å². The topological polar surface area (TPSA) is 38.0 Å². The number of para-hydroxylation sites is 2. The van der Waals surface area contributed by atoms with Crippen molar-refractivity contribution >= 4 is 11.0 Å². The Morgan fingerprint density at radius 1 is 1.24 bits per heavy atom. The van der Waals surface area contributed by atoms with Crippen LogP contribution in [0.3, 0.4) is 0 Å². The Morgan fingerprint density at radius 3 is 2.86 bits per heavy atom. The van der Waals surface area contributed by atoms with Crippen molar-refractivity contribution in [3.05, 3.63) is 41.7 Å². The van der Waals surface area contributed by atoms with Crippen molar-refractivity contribution in [2.24, 2.45) is 0 Å². The van der Waals surface area contributed by atoms with Crippen LogP contribution < -0.4 is 0 Å². The maximum atomic E-state index is 10.4. The average molecular weight is 284 g/mol. The number of aryl methyl sites for hydroxylation is 1. The fourth-order valence-electron chi connectivity index (χ4n) is 3.31. The molecule has 0 fully saturated rings. The molecule has 0 bridgehead atoms. The number of allylic oxidation sites excluding steroid dienone is 1. The van der Waals surface area contributed by atoms with Crippen LogP contribution in [0.4, 0.5) is 0 Å². The summed E-state index contributed by atoms with van der Waals surface area (Å²) in [5.41, 5.74) is 3.62. The number of benzene rings is 1. The van der Waals surface area contributed by atoms with E-state index in [4.69, 9.17) is 4.98 Å². The van der Waals surface area contributed by atoms with Gasteiger partial charge in [0.05, 0.1) is 17.1 Å². The highest BCUT2D eigenvalue weighted by atomic mass is 16.3. The van der Waals surface area contributed by atoms with Crippen LogP contribution >= 0.6 is 0 Å². The zero-order valence-electron chi connectivity index (χ0n) is 12.8. The van der Waals surface area contributed by atoms with E-state index in [1.807, 2.05) is 18.2 Å². The number of aromatic nitrogens is 2. The molecular weight excluding hydrogens is 260 g/mol. The first-order valence-electron chi connectivity index (χ1n) is 8.08. The molecule has 0 amide bonds. The van der Waals surface area contributed by atoms with Crippen LogP contribution in [0.2, 0.25) is 0 Å². The number of hydrogen-bond acceptors (Lipinski definition) is 2. The van der Waals surface area contributed by atoms with Crippen LogP contribution in [-0.2, 0) is 13.0 Å². The van der Waals surface area contributed by atoms with E-state index in [2.05, 4.69) is 23.6 Å². The minimum absolute atomic E-state index is 0.323. The smallest absolute Gasteiger partial charge is 0.112 e. The molecule has 1 heterocycles. The van der Waals surface area contributed by atoms with Crippen LogP contribution in [0, 0.1) is 0 Å². The number of hydrogen-bond donors (Lipinski definition) is 1. The van der Waals surface area contributed by atoms with E-state index >= 15 is 0 Å². The maximum absolute atomic E-state index is 10.4. The highest BCUT2D eigenvalue weighted by molar-refractivity contribution is 5.75. The Bertz CT molecular complexity index is 642. The van der Waals surface area contributed by atoms with Crippen LogP contribution in [0.15, 0.2) is 35.9 Å². The second-order valence-electron chi connectivity index (χ2n) is 5.93. The third-order valence-corrected chi connectivity index (χ3v) is 4.35. The molecule has 0 saturated carbocycles. The molecule has 1 aromatic carbocycles. The van der Waals surface area contributed by atoms with E-state index in [0.29, 0.717) is 6.42 Å². The van der Waals surface area contributed by atoms with Crippen LogP contribution in [-0.4, -0.2) is 20.8 Å². The van der Waals surface area contributed by atoms with Crippen LogP contribution in [0.1, 0.15) is 44.9 Å². The fraction of sp³-hybridized carbons (Fsp3) is 0.500. The van der Waals surface area contributed by atoms with E-state index < -0.39 is 0 Å². The summed E-state index contributed by atoms with van der Waals surface area (Å²) in [7, 11) is 0. The monoisotopic (exact) mass is 284 g/mol. The summed E-state index contributed by atoms with van der Waals surface area (Å²) in [5.74, 6) is 1.00. The van der Waals surface area contributed by atoms with E-state index in [9.17, 15) is 5.11 Å². The van der Waals surface area contributed by atoms with Gasteiger partial charge in [-0.3, -0.25) is 0 Å². The molecule has 1 N–H and O–H groups in total. The van der Waals surface area contributed by atoms with Crippen molar-refractivity contribution < 1.29 is 5.11 Å². The Kier molecular flexibility index (Phi) is 4.39. The highest BCUT2D eigenvalue weighted by Gasteiger charge is 2.15. The Morgan fingerprint density at radius 2 is 2.10 bits per heavy atom. The van der Waals surface area contributed by atoms with Crippen molar-refractivity contribution in [3.8, 4) is 0 Å². The molecule has 3 heteroatoms. The van der Waals surface area contributed by atoms with Gasteiger partial charge in [-0.2, -0.15) is 0 Å². The standard InChI is InChI=1S/C18H24N2O/c1-2-20-17-11-7-6-10-16(17)19-18(20)13-15(21)12-14-8-4-3-5-9-14/h6-8,10-11,15,21H,2-5,9,12-13H2,1H3. The summed E-state index contributed by atoms with van der Waals surface area (Å²) in [4.78, 5) is 4.70. The molecule has 2 aromatic rings. The second-order valence-corrected chi connectivity index (χ2v) is 5.93. The number of rotatable bonds is 5. The lowest BCUT2D eigenvalue weighted by atomic mass is 9.94. The lowest BCUT2D eigenvalue weighted by Gasteiger charge is -2.17. The van der Waals surface area contributed by atoms with Crippen LogP contribution in [0.25, 0.3) is 11.0 Å². The van der Waals surface area contributed by atoms with E-state index in [-0.39, 0.29) is 6.10 Å². The molecule has 1 unspecified atom stereocenters. The van der Waals surface area contributed by atoms with Crippen molar-refractivity contribution in [2.45, 2.75) is 58.1 Å². The Hall–Kier alpha value is -1.61. The van der Waals surface area contributed by atoms with Gasteiger partial charge < -0.3 is 9.67 Å². The highest BCUT2D eigenvalue weighted by Crippen LogP contribution is 2.23. The van der Waals surface area contributed by atoms with Gasteiger partial charge >= 0.3 is 0 Å². The van der Waals surface area contributed by atoms with Gasteiger partial charge in [0.2, 0.25) is 0 Å². The second kappa shape index (κ2) is 6.44. The third-order valence-electron chi connectivity index (χ3n) is 4.35. The molecule has 1 aromatic heterocycles. The number of aliphatic hydroxyl groups is 1. The molecule has 21 heavy (non-hydrogen) atoms. The zero-order chi connectivity index (χ0) is 14.7. The van der Waals surface area contributed by atoms with Crippen molar-refractivity contribution in [1.29, 1.82) is 0 Å². The van der Waals surface area contributed by atoms with E-state index in [1.54, 1.807) is 0 Å². The molecule has 1 atom stereocenters. The Balaban J connectivity index is 1.76. The van der Waals surface area contributed by atoms with Gasteiger partial charge in [0.25, 0.3) is 0 Å². The molecule has 0 spiro atoms. The lowest BCUT2D eigenvalue weighted by Crippen LogP contribution is -2.16. The molecule has 0 aliphatic heterocycles. The van der Waals surface area contributed by atoms with Gasteiger partial charge in [-0.1, -0.05) is 23.8 Å². The van der Waals surface area contributed by atoms with Gasteiger partial charge in [0, 0.05) is 13.0 Å². The molecule has 0 radical (unpaired) electrons. The Labute approximate surface area is 126 Å². The minimum atomic E-state index is -0.323. The number of nitrogens with zero attached hydrogens (tertiary/aromatic N) is 2. The van der Waals surface area contributed by atoms with E-state index in [0.717, 1.165) is 30.7 Å². The first-order chi connectivity index (χ1) is 10.3. The SMILES string of the molecule is CCn1c(CC(O)CC2=CCCCC2)nc2ccccc21. The number of fused-ring (bicyclic) bond motifs is 1. The maximum Gasteiger partial charge on any atom is 0.112 e. The predicted octanol–water partition coefficient (Wildman–Crippen LogP) is 3.85. The predicted molar refractivity (Wildman–Crippen MR) is 86.3 cm³/mol. The minimum Gasteiger partial charge on any atom is -0.392 e. The summed E-state index contributed by atoms with van der Waals surface area (Å²) in [6.07, 6.45) is 8.33. The molecule has 1 aliphatic carbocycles. The summed E-state index contributed by atoms with van der Waals surface area (Å²) in [5, 5.41) is 10.4. The summed E-state index contributed by atoms with van der Waals surface area (Å²) >= 11 is 0. The largest absolute Gasteiger partial charge is 0.392 e. The number of aliphatic hydroxyl groups excluding tert-OH is 1. The summed E-state index contributed by atoms with van der Waals surface area (Å²) in [6.45, 7) is 3.03. The van der Waals surface area contributed by atoms with Crippen molar-refractivity contribution in [2.75, 3.05) is 0 Å². The van der Waals surface area contributed by atoms with E-state index in [1.165, 1.54) is 30.4 Å². The van der Waals surface area contributed by atoms with Crippen molar-refractivity contribution in [1.82, 2.24) is 9.55 Å². The molecular formula is C18H24N2O. The average Bonchev–Trinajstić information content (AvgIpc) is 2.85. The quantitative estimate of drug-likeness (QED) is 0.847. The first-order valence-corrected chi connectivity index (χ1v) is 8.08. The molecule has 3 rings (SSSR count). The molecule has 112 valence electrons. The van der Waals surface area contributed by atoms with Gasteiger partial charge in [0.15, 0.2) is 0 Å². The van der Waals surface area contributed by atoms with Gasteiger partial charge in [-0.05, 0) is 51.2 Å². The lowest BCUT2D eigenvalue weighted by molar-refractivity contribution is 0.170.